The number of amides is 2. The van der Waals surface area contributed by atoms with E-state index in [0.29, 0.717) is 11.1 Å². The van der Waals surface area contributed by atoms with Crippen molar-refractivity contribution in [2.24, 2.45) is 0 Å². The van der Waals surface area contributed by atoms with E-state index in [1.807, 2.05) is 42.5 Å². The molecule has 1 aliphatic heterocycles. The lowest BCUT2D eigenvalue weighted by molar-refractivity contribution is -0.139. The van der Waals surface area contributed by atoms with Crippen LogP contribution >= 0.6 is 0 Å². The summed E-state index contributed by atoms with van der Waals surface area (Å²) in [6.45, 7) is 0.339. The predicted molar refractivity (Wildman–Crippen MR) is 117 cm³/mol. The SMILES string of the molecule is N#Cc1ccccc1-c1ccc(COC(=O)c2ccc(CN3C(=O)CCC3=O)cc2)cc1. The molecule has 0 saturated carbocycles. The molecule has 158 valence electrons. The molecule has 4 rings (SSSR count). The Morgan fingerprint density at radius 2 is 1.50 bits per heavy atom. The van der Waals surface area contributed by atoms with Gasteiger partial charge in [-0.25, -0.2) is 4.79 Å². The lowest BCUT2D eigenvalue weighted by atomic mass is 9.99. The van der Waals surface area contributed by atoms with Gasteiger partial charge in [0.15, 0.2) is 0 Å². The number of nitrogens with zero attached hydrogens (tertiary/aromatic N) is 2. The third-order valence-electron chi connectivity index (χ3n) is 5.37. The molecular formula is C26H20N2O4. The number of imide groups is 1. The number of likely N-dealkylation sites (tertiary alicyclic amines) is 1. The third-order valence-corrected chi connectivity index (χ3v) is 5.37. The molecule has 0 radical (unpaired) electrons. The van der Waals surface area contributed by atoms with Crippen LogP contribution in [0.5, 0.6) is 0 Å². The van der Waals surface area contributed by atoms with Gasteiger partial charge in [0, 0.05) is 12.8 Å². The number of ether oxygens (including phenoxy) is 1. The van der Waals surface area contributed by atoms with E-state index in [4.69, 9.17) is 4.74 Å². The highest BCUT2D eigenvalue weighted by Gasteiger charge is 2.28. The summed E-state index contributed by atoms with van der Waals surface area (Å²) in [6, 6.07) is 23.8. The molecule has 0 unspecified atom stereocenters. The van der Waals surface area contributed by atoms with Gasteiger partial charge in [-0.15, -0.1) is 0 Å². The van der Waals surface area contributed by atoms with E-state index < -0.39 is 5.97 Å². The van der Waals surface area contributed by atoms with Gasteiger partial charge in [-0.3, -0.25) is 14.5 Å². The average molecular weight is 424 g/mol. The Labute approximate surface area is 185 Å². The van der Waals surface area contributed by atoms with Crippen molar-refractivity contribution >= 4 is 17.8 Å². The molecule has 6 nitrogen and oxygen atoms in total. The van der Waals surface area contributed by atoms with Crippen molar-refractivity contribution in [2.75, 3.05) is 0 Å². The molecule has 3 aromatic carbocycles. The molecule has 2 amide bonds. The van der Waals surface area contributed by atoms with E-state index in [-0.39, 0.29) is 37.8 Å². The van der Waals surface area contributed by atoms with E-state index in [1.165, 1.54) is 4.90 Å². The second kappa shape index (κ2) is 9.27. The molecule has 32 heavy (non-hydrogen) atoms. The van der Waals surface area contributed by atoms with Gasteiger partial charge in [0.25, 0.3) is 0 Å². The average Bonchev–Trinajstić information content (AvgIpc) is 3.15. The zero-order chi connectivity index (χ0) is 22.5. The van der Waals surface area contributed by atoms with Crippen molar-refractivity contribution in [1.82, 2.24) is 4.90 Å². The summed E-state index contributed by atoms with van der Waals surface area (Å²) in [4.78, 5) is 37.1. The Morgan fingerprint density at radius 3 is 2.16 bits per heavy atom. The van der Waals surface area contributed by atoms with Gasteiger partial charge >= 0.3 is 5.97 Å². The van der Waals surface area contributed by atoms with Crippen molar-refractivity contribution in [3.63, 3.8) is 0 Å². The molecule has 0 aliphatic carbocycles. The molecule has 0 aromatic heterocycles. The summed E-state index contributed by atoms with van der Waals surface area (Å²) in [7, 11) is 0. The Bertz CT molecular complexity index is 1190. The minimum Gasteiger partial charge on any atom is -0.457 e. The van der Waals surface area contributed by atoms with Crippen LogP contribution in [0.1, 0.15) is 39.9 Å². The molecule has 0 atom stereocenters. The monoisotopic (exact) mass is 424 g/mol. The fraction of sp³-hybridized carbons (Fsp3) is 0.154. The molecule has 0 bridgehead atoms. The largest absolute Gasteiger partial charge is 0.457 e. The predicted octanol–water partition coefficient (Wildman–Crippen LogP) is 4.23. The topological polar surface area (TPSA) is 87.5 Å². The van der Waals surface area contributed by atoms with Crippen molar-refractivity contribution in [1.29, 1.82) is 5.26 Å². The van der Waals surface area contributed by atoms with E-state index >= 15 is 0 Å². The Hall–Kier alpha value is -4.24. The van der Waals surface area contributed by atoms with Crippen LogP contribution in [0.4, 0.5) is 0 Å². The van der Waals surface area contributed by atoms with Crippen molar-refractivity contribution in [3.05, 3.63) is 95.1 Å². The quantitative estimate of drug-likeness (QED) is 0.436. The number of rotatable bonds is 6. The smallest absolute Gasteiger partial charge is 0.338 e. The molecular weight excluding hydrogens is 404 g/mol. The second-order valence-corrected chi connectivity index (χ2v) is 7.50. The van der Waals surface area contributed by atoms with Crippen LogP contribution in [-0.2, 0) is 27.5 Å². The minimum absolute atomic E-state index is 0.123. The zero-order valence-corrected chi connectivity index (χ0v) is 17.3. The zero-order valence-electron chi connectivity index (χ0n) is 17.3. The first kappa shape index (κ1) is 21.0. The molecule has 1 fully saturated rings. The summed E-state index contributed by atoms with van der Waals surface area (Å²) < 4.78 is 5.40. The van der Waals surface area contributed by atoms with Gasteiger partial charge in [0.05, 0.1) is 23.7 Å². The lowest BCUT2D eigenvalue weighted by Crippen LogP contribution is -2.28. The number of esters is 1. The molecule has 0 N–H and O–H groups in total. The standard InChI is InChI=1S/C26H20N2O4/c27-15-22-3-1-2-4-23(22)20-9-7-19(8-10-20)17-32-26(31)21-11-5-18(6-12-21)16-28-24(29)13-14-25(28)30/h1-12H,13-14,16-17H2. The number of carbonyl (C=O) groups excluding carboxylic acids is 3. The van der Waals surface area contributed by atoms with Crippen LogP contribution in [0.15, 0.2) is 72.8 Å². The van der Waals surface area contributed by atoms with Gasteiger partial charge in [-0.05, 0) is 40.5 Å². The van der Waals surface area contributed by atoms with Crippen LogP contribution in [0.2, 0.25) is 0 Å². The fourth-order valence-corrected chi connectivity index (χ4v) is 3.57. The maximum Gasteiger partial charge on any atom is 0.338 e. The number of hydrogen-bond acceptors (Lipinski definition) is 5. The normalized spacial score (nSPS) is 13.2. The van der Waals surface area contributed by atoms with Gasteiger partial charge in [-0.1, -0.05) is 54.6 Å². The van der Waals surface area contributed by atoms with Crippen LogP contribution in [0, 0.1) is 11.3 Å². The maximum atomic E-state index is 12.4. The Kier molecular flexibility index (Phi) is 6.09. The van der Waals surface area contributed by atoms with E-state index in [2.05, 4.69) is 6.07 Å². The Balaban J connectivity index is 1.35. The fourth-order valence-electron chi connectivity index (χ4n) is 3.57. The molecule has 3 aromatic rings. The summed E-state index contributed by atoms with van der Waals surface area (Å²) in [5.74, 6) is -0.787. The number of benzene rings is 3. The second-order valence-electron chi connectivity index (χ2n) is 7.50. The number of hydrogen-bond donors (Lipinski definition) is 0. The van der Waals surface area contributed by atoms with E-state index in [1.54, 1.807) is 30.3 Å². The first-order chi connectivity index (χ1) is 15.5. The molecule has 1 aliphatic rings. The maximum absolute atomic E-state index is 12.4. The van der Waals surface area contributed by atoms with Gasteiger partial charge in [0.2, 0.25) is 11.8 Å². The lowest BCUT2D eigenvalue weighted by Gasteiger charge is -2.13. The molecule has 1 heterocycles. The summed E-state index contributed by atoms with van der Waals surface area (Å²) in [6.07, 6.45) is 0.518. The first-order valence-electron chi connectivity index (χ1n) is 10.2. The van der Waals surface area contributed by atoms with Crippen LogP contribution in [-0.4, -0.2) is 22.7 Å². The van der Waals surface area contributed by atoms with Crippen LogP contribution in [0.25, 0.3) is 11.1 Å². The summed E-state index contributed by atoms with van der Waals surface area (Å²) in [5, 5.41) is 9.26. The van der Waals surface area contributed by atoms with Crippen molar-refractivity contribution in [3.8, 4) is 17.2 Å². The van der Waals surface area contributed by atoms with Gasteiger partial charge < -0.3 is 4.74 Å². The minimum atomic E-state index is -0.455. The molecule has 6 heteroatoms. The van der Waals surface area contributed by atoms with Gasteiger partial charge in [-0.2, -0.15) is 5.26 Å². The highest BCUT2D eigenvalue weighted by Crippen LogP contribution is 2.24. The highest BCUT2D eigenvalue weighted by atomic mass is 16.5. The summed E-state index contributed by atoms with van der Waals surface area (Å²) in [5.41, 5.74) is 4.39. The number of carbonyl (C=O) groups is 3. The highest BCUT2D eigenvalue weighted by molar-refractivity contribution is 6.01. The molecule has 0 spiro atoms. The van der Waals surface area contributed by atoms with E-state index in [0.717, 1.165) is 22.3 Å². The van der Waals surface area contributed by atoms with E-state index in [9.17, 15) is 19.6 Å². The third kappa shape index (κ3) is 4.57. The van der Waals surface area contributed by atoms with Crippen molar-refractivity contribution < 1.29 is 19.1 Å². The van der Waals surface area contributed by atoms with Crippen LogP contribution < -0.4 is 0 Å². The number of nitriles is 1. The molecule has 1 saturated heterocycles. The van der Waals surface area contributed by atoms with Crippen molar-refractivity contribution in [2.45, 2.75) is 26.0 Å². The Morgan fingerprint density at radius 1 is 0.875 bits per heavy atom. The van der Waals surface area contributed by atoms with Crippen LogP contribution in [0.3, 0.4) is 0 Å². The van der Waals surface area contributed by atoms with Gasteiger partial charge in [0.1, 0.15) is 6.61 Å². The summed E-state index contributed by atoms with van der Waals surface area (Å²) >= 11 is 0. The first-order valence-corrected chi connectivity index (χ1v) is 10.2.